The first kappa shape index (κ1) is 32.4. The van der Waals surface area contributed by atoms with E-state index in [9.17, 15) is 22.9 Å². The number of benzene rings is 1. The molecule has 1 unspecified atom stereocenters. The van der Waals surface area contributed by atoms with Gasteiger partial charge in [0.25, 0.3) is 5.91 Å². The number of amides is 1. The Morgan fingerprint density at radius 2 is 1.80 bits per heavy atom. The molecule has 11 heteroatoms. The minimum Gasteiger partial charge on any atom is -0.509 e. The zero-order chi connectivity index (χ0) is 30.1. The third kappa shape index (κ3) is 7.77. The Hall–Kier alpha value is -2.16. The van der Waals surface area contributed by atoms with Crippen LogP contribution in [0.2, 0.25) is 0 Å². The minimum atomic E-state index is -3.75. The topological polar surface area (TPSA) is 125 Å². The van der Waals surface area contributed by atoms with E-state index in [-0.39, 0.29) is 40.8 Å². The van der Waals surface area contributed by atoms with Crippen LogP contribution in [0, 0.1) is 10.8 Å². The molecule has 0 bridgehead atoms. The summed E-state index contributed by atoms with van der Waals surface area (Å²) >= 11 is 0. The molecule has 2 aliphatic heterocycles. The summed E-state index contributed by atoms with van der Waals surface area (Å²) in [5.74, 6) is -0.184. The lowest BCUT2D eigenvalue weighted by Gasteiger charge is -2.36. The molecule has 0 aliphatic carbocycles. The average molecular weight is 596 g/mol. The van der Waals surface area contributed by atoms with Crippen LogP contribution in [0.3, 0.4) is 0 Å². The van der Waals surface area contributed by atoms with Gasteiger partial charge < -0.3 is 19.8 Å². The molecule has 0 fully saturated rings. The third-order valence-corrected chi connectivity index (χ3v) is 10.2. The molecule has 0 radical (unpaired) electrons. The van der Waals surface area contributed by atoms with Crippen LogP contribution in [-0.4, -0.2) is 61.4 Å². The molecule has 40 heavy (non-hydrogen) atoms. The zero-order valence-electron chi connectivity index (χ0n) is 25.2. The van der Waals surface area contributed by atoms with Crippen molar-refractivity contribution in [3.05, 3.63) is 35.1 Å². The lowest BCUT2D eigenvalue weighted by molar-refractivity contribution is -0.128. The van der Waals surface area contributed by atoms with E-state index in [1.165, 1.54) is 6.26 Å². The van der Waals surface area contributed by atoms with Crippen LogP contribution in [-0.2, 0) is 30.1 Å². The predicted octanol–water partition coefficient (Wildman–Crippen LogP) is 5.63. The van der Waals surface area contributed by atoms with Gasteiger partial charge in [-0.2, -0.15) is 4.76 Å². The molecular weight excluding hydrogens is 549 g/mol. The Bertz CT molecular complexity index is 1340. The first-order chi connectivity index (χ1) is 18.4. The Morgan fingerprint density at radius 1 is 1.12 bits per heavy atom. The number of anilines is 1. The fraction of sp³-hybridized carbons (Fsp3) is 0.655. The summed E-state index contributed by atoms with van der Waals surface area (Å²) in [5, 5.41) is 15.0. The molecule has 0 saturated heterocycles. The molecule has 3 rings (SSSR count). The van der Waals surface area contributed by atoms with Crippen molar-refractivity contribution in [3.63, 3.8) is 0 Å². The Labute approximate surface area is 239 Å². The molecule has 2 atom stereocenters. The maximum Gasteiger partial charge on any atom is 0.348 e. The van der Waals surface area contributed by atoms with Crippen LogP contribution in [0.5, 0.6) is 0 Å². The van der Waals surface area contributed by atoms with E-state index in [0.29, 0.717) is 30.4 Å². The predicted molar refractivity (Wildman–Crippen MR) is 162 cm³/mol. The van der Waals surface area contributed by atoms with Gasteiger partial charge >= 0.3 is 7.52 Å². The number of unbranched alkanes of at least 4 members (excludes halogenated alkanes) is 2. The van der Waals surface area contributed by atoms with Crippen LogP contribution in [0.15, 0.2) is 34.3 Å². The second kappa shape index (κ2) is 12.0. The fourth-order valence-electron chi connectivity index (χ4n) is 5.11. The lowest BCUT2D eigenvalue weighted by atomic mass is 9.84. The highest BCUT2D eigenvalue weighted by Crippen LogP contribution is 2.53. The van der Waals surface area contributed by atoms with Crippen molar-refractivity contribution in [3.8, 4) is 0 Å². The molecule has 0 spiro atoms. The van der Waals surface area contributed by atoms with Crippen molar-refractivity contribution < 1.29 is 27.4 Å². The van der Waals surface area contributed by atoms with Crippen molar-refractivity contribution in [2.75, 3.05) is 30.5 Å². The number of nitrogens with one attached hydrogen (secondary N) is 1. The quantitative estimate of drug-likeness (QED) is 0.251. The van der Waals surface area contributed by atoms with Crippen molar-refractivity contribution in [2.24, 2.45) is 15.6 Å². The van der Waals surface area contributed by atoms with Gasteiger partial charge in [-0.3, -0.25) is 9.36 Å². The standard InChI is InChI=1S/C29H46N3O6PS/c1-9-38-39(35)22-19-20(13-11-10-12-18-40(8,36)37)14-15-21(22)30-26(31-39)23-24(33)25(29(5,6)7)32(27(23)34)17-16-28(2,3)4/h14-15,19,25,33H,9-13,16-18H2,1-8H3,(H,30,31,35)/t25-,39?/m1/s1. The molecule has 1 aromatic rings. The van der Waals surface area contributed by atoms with Crippen LogP contribution in [0.25, 0.3) is 0 Å². The van der Waals surface area contributed by atoms with Gasteiger partial charge in [-0.1, -0.05) is 54.0 Å². The van der Waals surface area contributed by atoms with Gasteiger partial charge in [0.05, 0.1) is 23.6 Å². The summed E-state index contributed by atoms with van der Waals surface area (Å²) in [7, 11) is -6.72. The smallest absolute Gasteiger partial charge is 0.348 e. The molecule has 2 aliphatic rings. The average Bonchev–Trinajstić information content (AvgIpc) is 3.06. The second-order valence-corrected chi connectivity index (χ2v) is 17.4. The van der Waals surface area contributed by atoms with Gasteiger partial charge in [0, 0.05) is 18.6 Å². The first-order valence-electron chi connectivity index (χ1n) is 14.0. The maximum atomic E-state index is 14.1. The second-order valence-electron chi connectivity index (χ2n) is 13.1. The van der Waals surface area contributed by atoms with Gasteiger partial charge in [0.2, 0.25) is 0 Å². The number of rotatable bonds is 11. The van der Waals surface area contributed by atoms with Gasteiger partial charge in [-0.05, 0) is 61.1 Å². The Kier molecular flexibility index (Phi) is 9.69. The summed E-state index contributed by atoms with van der Waals surface area (Å²) in [6.07, 6.45) is 4.85. The number of hydrogen-bond donors (Lipinski definition) is 2. The van der Waals surface area contributed by atoms with Crippen LogP contribution < -0.4 is 10.6 Å². The summed E-state index contributed by atoms with van der Waals surface area (Å²) < 4.78 is 47.1. The summed E-state index contributed by atoms with van der Waals surface area (Å²) in [6.45, 7) is 14.6. The summed E-state index contributed by atoms with van der Waals surface area (Å²) in [5.41, 5.74) is 1.06. The van der Waals surface area contributed by atoms with Gasteiger partial charge in [0.1, 0.15) is 21.2 Å². The largest absolute Gasteiger partial charge is 0.509 e. The van der Waals surface area contributed by atoms with E-state index in [4.69, 9.17) is 4.52 Å². The molecule has 2 N–H and O–H groups in total. The molecular formula is C29H46N3O6PS. The van der Waals surface area contributed by atoms with Crippen molar-refractivity contribution in [1.82, 2.24) is 4.90 Å². The number of carbonyl (C=O) groups is 1. The number of aliphatic hydroxyl groups excluding tert-OH is 1. The van der Waals surface area contributed by atoms with Gasteiger partial charge in [-0.15, -0.1) is 0 Å². The number of fused-ring (bicyclic) bond motifs is 1. The van der Waals surface area contributed by atoms with Crippen molar-refractivity contribution in [1.29, 1.82) is 0 Å². The normalized spacial score (nSPS) is 21.9. The van der Waals surface area contributed by atoms with E-state index in [2.05, 4.69) is 30.9 Å². The number of nitrogens with zero attached hydrogens (tertiary/aromatic N) is 2. The third-order valence-electron chi connectivity index (χ3n) is 7.10. The number of aryl methyl sites for hydroxylation is 1. The molecule has 1 amide bonds. The van der Waals surface area contributed by atoms with Gasteiger partial charge in [0.15, 0.2) is 5.84 Å². The molecule has 9 nitrogen and oxygen atoms in total. The Morgan fingerprint density at radius 3 is 2.38 bits per heavy atom. The van der Waals surface area contributed by atoms with Crippen molar-refractivity contribution >= 4 is 40.1 Å². The van der Waals surface area contributed by atoms with Crippen LogP contribution in [0.4, 0.5) is 5.69 Å². The molecule has 1 aromatic carbocycles. The molecule has 0 aromatic heterocycles. The highest BCUT2D eigenvalue weighted by Gasteiger charge is 2.48. The highest BCUT2D eigenvalue weighted by molar-refractivity contribution is 7.90. The number of carbonyl (C=O) groups excluding carboxylic acids is 1. The summed E-state index contributed by atoms with van der Waals surface area (Å²) in [6, 6.07) is 4.99. The van der Waals surface area contributed by atoms with E-state index in [1.54, 1.807) is 17.9 Å². The molecule has 2 heterocycles. The molecule has 0 saturated carbocycles. The van der Waals surface area contributed by atoms with Crippen LogP contribution >= 0.6 is 7.52 Å². The highest BCUT2D eigenvalue weighted by atomic mass is 32.2. The van der Waals surface area contributed by atoms with E-state index in [0.717, 1.165) is 24.8 Å². The Balaban J connectivity index is 1.92. The SMILES string of the molecule is CCOP1(=O)N=C(C2=C(O)[C@H](C(C)(C)C)N(CCC(C)(C)C)C2=O)Nc2ccc(CCCCCS(C)(=O)=O)cc21. The summed E-state index contributed by atoms with van der Waals surface area (Å²) in [4.78, 5) is 15.5. The maximum absolute atomic E-state index is 14.1. The zero-order valence-corrected chi connectivity index (χ0v) is 26.9. The monoisotopic (exact) mass is 595 g/mol. The molecule has 224 valence electrons. The van der Waals surface area contributed by atoms with Gasteiger partial charge in [-0.25, -0.2) is 8.42 Å². The number of amidine groups is 1. The number of hydrogen-bond acceptors (Lipinski definition) is 7. The number of sulfone groups is 1. The van der Waals surface area contributed by atoms with E-state index >= 15 is 0 Å². The van der Waals surface area contributed by atoms with E-state index < -0.39 is 28.8 Å². The number of aliphatic hydroxyl groups is 1. The van der Waals surface area contributed by atoms with E-state index in [1.807, 2.05) is 32.9 Å². The van der Waals surface area contributed by atoms with Crippen molar-refractivity contribution in [2.45, 2.75) is 86.6 Å². The fourth-order valence-corrected chi connectivity index (χ4v) is 7.67. The minimum absolute atomic E-state index is 0.00326. The van der Waals surface area contributed by atoms with Crippen LogP contribution in [0.1, 0.15) is 79.7 Å². The first-order valence-corrected chi connectivity index (χ1v) is 17.7. The lowest BCUT2D eigenvalue weighted by Crippen LogP contribution is -2.45.